The highest BCUT2D eigenvalue weighted by Gasteiger charge is 2.17. The van der Waals surface area contributed by atoms with Gasteiger partial charge in [0, 0.05) is 5.39 Å². The van der Waals surface area contributed by atoms with E-state index >= 15 is 0 Å². The molecule has 0 saturated heterocycles. The standard InChI is InChI=1S/C16H12N2O2/c19-15-11-10-12-6-4-5-9-14(12)16(15)18(17-20)13-7-2-1-3-8-13/h1-11,19H. The zero-order valence-electron chi connectivity index (χ0n) is 10.6. The lowest BCUT2D eigenvalue weighted by atomic mass is 10.1. The highest BCUT2D eigenvalue weighted by molar-refractivity contribution is 5.98. The van der Waals surface area contributed by atoms with Crippen LogP contribution in [0.15, 0.2) is 72.0 Å². The van der Waals surface area contributed by atoms with Crippen LogP contribution in [-0.4, -0.2) is 5.11 Å². The largest absolute Gasteiger partial charge is 0.506 e. The molecule has 0 aliphatic rings. The van der Waals surface area contributed by atoms with Crippen LogP contribution in [0, 0.1) is 4.91 Å². The number of phenolic OH excluding ortho intramolecular Hbond substituents is 1. The van der Waals surface area contributed by atoms with Crippen LogP contribution >= 0.6 is 0 Å². The van der Waals surface area contributed by atoms with Crippen molar-refractivity contribution in [2.45, 2.75) is 0 Å². The SMILES string of the molecule is O=NN(c1ccccc1)c1c(O)ccc2ccccc12. The maximum atomic E-state index is 11.3. The van der Waals surface area contributed by atoms with Gasteiger partial charge in [0.2, 0.25) is 0 Å². The van der Waals surface area contributed by atoms with Crippen molar-refractivity contribution in [3.8, 4) is 5.75 Å². The molecule has 1 N–H and O–H groups in total. The number of hydrogen-bond acceptors (Lipinski definition) is 3. The second-order valence-electron chi connectivity index (χ2n) is 4.38. The molecule has 0 radical (unpaired) electrons. The second-order valence-corrected chi connectivity index (χ2v) is 4.38. The Balaban J connectivity index is 2.27. The van der Waals surface area contributed by atoms with E-state index in [1.807, 2.05) is 48.5 Å². The fraction of sp³-hybridized carbons (Fsp3) is 0. The Labute approximate surface area is 115 Å². The maximum absolute atomic E-state index is 11.3. The second kappa shape index (κ2) is 5.01. The summed E-state index contributed by atoms with van der Waals surface area (Å²) < 4.78 is 0. The third-order valence-electron chi connectivity index (χ3n) is 3.17. The number of anilines is 2. The van der Waals surface area contributed by atoms with Crippen molar-refractivity contribution in [3.63, 3.8) is 0 Å². The van der Waals surface area contributed by atoms with E-state index in [2.05, 4.69) is 5.29 Å². The predicted molar refractivity (Wildman–Crippen MR) is 80.0 cm³/mol. The molecule has 0 unspecified atom stereocenters. The molecule has 0 amide bonds. The molecule has 0 bridgehead atoms. The highest BCUT2D eigenvalue weighted by Crippen LogP contribution is 2.39. The first-order valence-electron chi connectivity index (χ1n) is 6.20. The predicted octanol–water partition coefficient (Wildman–Crippen LogP) is 4.36. The van der Waals surface area contributed by atoms with Crippen LogP contribution in [0.25, 0.3) is 10.8 Å². The molecule has 0 aliphatic carbocycles. The number of fused-ring (bicyclic) bond motifs is 1. The molecule has 3 aromatic rings. The minimum absolute atomic E-state index is 0.0205. The monoisotopic (exact) mass is 264 g/mol. The normalized spacial score (nSPS) is 10.4. The van der Waals surface area contributed by atoms with Crippen molar-refractivity contribution in [2.75, 3.05) is 5.01 Å². The maximum Gasteiger partial charge on any atom is 0.142 e. The van der Waals surface area contributed by atoms with Gasteiger partial charge < -0.3 is 5.11 Å². The van der Waals surface area contributed by atoms with Gasteiger partial charge in [0.15, 0.2) is 0 Å². The molecule has 4 nitrogen and oxygen atoms in total. The van der Waals surface area contributed by atoms with E-state index in [1.165, 1.54) is 5.01 Å². The minimum Gasteiger partial charge on any atom is -0.506 e. The van der Waals surface area contributed by atoms with Crippen LogP contribution < -0.4 is 5.01 Å². The fourth-order valence-corrected chi connectivity index (χ4v) is 2.25. The lowest BCUT2D eigenvalue weighted by Crippen LogP contribution is -2.08. The Kier molecular flexibility index (Phi) is 3.05. The Morgan fingerprint density at radius 3 is 2.30 bits per heavy atom. The zero-order valence-corrected chi connectivity index (χ0v) is 10.6. The average Bonchev–Trinajstić information content (AvgIpc) is 2.51. The number of phenols is 1. The van der Waals surface area contributed by atoms with Crippen molar-refractivity contribution in [2.24, 2.45) is 5.29 Å². The lowest BCUT2D eigenvalue weighted by Gasteiger charge is -2.18. The smallest absolute Gasteiger partial charge is 0.142 e. The molecule has 0 aromatic heterocycles. The van der Waals surface area contributed by atoms with Gasteiger partial charge in [-0.3, -0.25) is 0 Å². The van der Waals surface area contributed by atoms with Gasteiger partial charge in [-0.05, 0) is 23.6 Å². The minimum atomic E-state index is 0.0205. The van der Waals surface area contributed by atoms with Gasteiger partial charge in [0.05, 0.1) is 11.0 Å². The first-order chi connectivity index (χ1) is 9.81. The Morgan fingerprint density at radius 2 is 1.55 bits per heavy atom. The topological polar surface area (TPSA) is 52.9 Å². The molecule has 0 aliphatic heterocycles. The third-order valence-corrected chi connectivity index (χ3v) is 3.17. The summed E-state index contributed by atoms with van der Waals surface area (Å²) in [6.07, 6.45) is 0. The number of para-hydroxylation sites is 1. The van der Waals surface area contributed by atoms with Crippen LogP contribution in [-0.2, 0) is 0 Å². The summed E-state index contributed by atoms with van der Waals surface area (Å²) in [5.74, 6) is 0.0205. The zero-order chi connectivity index (χ0) is 13.9. The van der Waals surface area contributed by atoms with Crippen molar-refractivity contribution in [1.82, 2.24) is 0 Å². The summed E-state index contributed by atoms with van der Waals surface area (Å²) in [5, 5.41) is 16.1. The molecular formula is C16H12N2O2. The molecule has 0 fully saturated rings. The number of rotatable bonds is 3. The molecule has 3 rings (SSSR count). The van der Waals surface area contributed by atoms with Gasteiger partial charge in [-0.2, -0.15) is 5.01 Å². The molecule has 98 valence electrons. The molecule has 20 heavy (non-hydrogen) atoms. The van der Waals surface area contributed by atoms with Gasteiger partial charge in [-0.1, -0.05) is 48.5 Å². The summed E-state index contributed by atoms with van der Waals surface area (Å²) in [6.45, 7) is 0. The summed E-state index contributed by atoms with van der Waals surface area (Å²) in [6, 6.07) is 19.9. The van der Waals surface area contributed by atoms with Crippen LogP contribution in [0.1, 0.15) is 0 Å². The number of benzene rings is 3. The molecule has 3 aromatic carbocycles. The van der Waals surface area contributed by atoms with Crippen LogP contribution in [0.2, 0.25) is 0 Å². The molecule has 0 saturated carbocycles. The Hall–Kier alpha value is -2.88. The van der Waals surface area contributed by atoms with Crippen molar-refractivity contribution in [3.05, 3.63) is 71.6 Å². The number of aromatic hydroxyl groups is 1. The van der Waals surface area contributed by atoms with Gasteiger partial charge >= 0.3 is 0 Å². The molecule has 0 atom stereocenters. The first kappa shape index (κ1) is 12.2. The summed E-state index contributed by atoms with van der Waals surface area (Å²) in [7, 11) is 0. The average molecular weight is 264 g/mol. The van der Waals surface area contributed by atoms with E-state index in [4.69, 9.17) is 0 Å². The van der Waals surface area contributed by atoms with Gasteiger partial charge in [-0.25, -0.2) is 0 Å². The first-order valence-corrected chi connectivity index (χ1v) is 6.20. The number of nitroso groups, excluding NO2 is 1. The van der Waals surface area contributed by atoms with E-state index < -0.39 is 0 Å². The van der Waals surface area contributed by atoms with Crippen LogP contribution in [0.4, 0.5) is 11.4 Å². The highest BCUT2D eigenvalue weighted by atomic mass is 16.3. The van der Waals surface area contributed by atoms with Crippen molar-refractivity contribution < 1.29 is 5.11 Å². The van der Waals surface area contributed by atoms with Crippen molar-refractivity contribution >= 4 is 22.1 Å². The lowest BCUT2D eigenvalue weighted by molar-refractivity contribution is 0.476. The van der Waals surface area contributed by atoms with E-state index in [-0.39, 0.29) is 5.75 Å². The van der Waals surface area contributed by atoms with E-state index in [1.54, 1.807) is 18.2 Å². The van der Waals surface area contributed by atoms with E-state index in [0.29, 0.717) is 11.4 Å². The van der Waals surface area contributed by atoms with E-state index in [9.17, 15) is 10.0 Å². The third kappa shape index (κ3) is 1.97. The summed E-state index contributed by atoms with van der Waals surface area (Å²) in [5.41, 5.74) is 0.999. The number of hydrogen-bond donors (Lipinski definition) is 1. The van der Waals surface area contributed by atoms with Gasteiger partial charge in [0.25, 0.3) is 0 Å². The Morgan fingerprint density at radius 1 is 0.850 bits per heavy atom. The molecule has 0 spiro atoms. The van der Waals surface area contributed by atoms with Crippen molar-refractivity contribution in [1.29, 1.82) is 0 Å². The molecule has 4 heteroatoms. The molecular weight excluding hydrogens is 252 g/mol. The molecule has 0 heterocycles. The van der Waals surface area contributed by atoms with Crippen LogP contribution in [0.3, 0.4) is 0 Å². The van der Waals surface area contributed by atoms with Gasteiger partial charge in [0.1, 0.15) is 11.4 Å². The van der Waals surface area contributed by atoms with Crippen LogP contribution in [0.5, 0.6) is 5.75 Å². The van der Waals surface area contributed by atoms with Gasteiger partial charge in [-0.15, -0.1) is 4.91 Å². The number of nitrogens with zero attached hydrogens (tertiary/aromatic N) is 2. The summed E-state index contributed by atoms with van der Waals surface area (Å²) >= 11 is 0. The quantitative estimate of drug-likeness (QED) is 0.564. The Bertz CT molecular complexity index is 757. The fourth-order valence-electron chi connectivity index (χ4n) is 2.25. The van der Waals surface area contributed by atoms with E-state index in [0.717, 1.165) is 10.8 Å². The summed E-state index contributed by atoms with van der Waals surface area (Å²) in [4.78, 5) is 11.3.